The Kier molecular flexibility index (Phi) is 3.18. The third-order valence-corrected chi connectivity index (χ3v) is 2.91. The molecule has 1 aliphatic carbocycles. The van der Waals surface area contributed by atoms with Crippen LogP contribution < -0.4 is 5.32 Å². The van der Waals surface area contributed by atoms with Gasteiger partial charge < -0.3 is 10.1 Å². The minimum Gasteiger partial charge on any atom is -0.362 e. The molecular formula is C11H16N2O. The summed E-state index contributed by atoms with van der Waals surface area (Å²) < 4.78 is 5.41. The molecule has 1 fully saturated rings. The number of ether oxygens (including phenoxy) is 1. The maximum atomic E-state index is 8.90. The molecule has 0 aromatic rings. The minimum absolute atomic E-state index is 0.235. The van der Waals surface area contributed by atoms with E-state index >= 15 is 0 Å². The van der Waals surface area contributed by atoms with Crippen molar-refractivity contribution in [3.63, 3.8) is 0 Å². The summed E-state index contributed by atoms with van der Waals surface area (Å²) in [4.78, 5) is 0. The summed E-state index contributed by atoms with van der Waals surface area (Å²) in [5.41, 5.74) is 0. The van der Waals surface area contributed by atoms with Crippen LogP contribution in [0.3, 0.4) is 0 Å². The maximum absolute atomic E-state index is 8.90. The Morgan fingerprint density at radius 2 is 2.14 bits per heavy atom. The summed E-state index contributed by atoms with van der Waals surface area (Å²) in [5.74, 6) is 0. The predicted octanol–water partition coefficient (Wildman–Crippen LogP) is 1.37. The molecule has 2 atom stereocenters. The minimum atomic E-state index is -0.246. The van der Waals surface area contributed by atoms with E-state index < -0.39 is 0 Å². The fraction of sp³-hybridized carbons (Fsp3) is 0.727. The van der Waals surface area contributed by atoms with E-state index in [0.717, 1.165) is 32.3 Å². The second-order valence-corrected chi connectivity index (χ2v) is 3.98. The lowest BCUT2D eigenvalue weighted by Crippen LogP contribution is -2.47. The number of hydrogen-bond acceptors (Lipinski definition) is 3. The molecule has 0 amide bonds. The zero-order valence-corrected chi connectivity index (χ0v) is 8.28. The molecule has 2 unspecified atom stereocenters. The first-order chi connectivity index (χ1) is 6.90. The van der Waals surface area contributed by atoms with Crippen LogP contribution in [0.2, 0.25) is 0 Å². The van der Waals surface area contributed by atoms with E-state index in [9.17, 15) is 0 Å². The molecule has 3 heteroatoms. The number of hydrogen-bond donors (Lipinski definition) is 1. The fourth-order valence-corrected chi connectivity index (χ4v) is 2.14. The molecule has 2 rings (SSSR count). The molecule has 76 valence electrons. The molecule has 0 bridgehead atoms. The van der Waals surface area contributed by atoms with E-state index in [1.807, 2.05) is 0 Å². The molecule has 14 heavy (non-hydrogen) atoms. The molecule has 0 aromatic carbocycles. The monoisotopic (exact) mass is 192 g/mol. The average molecular weight is 192 g/mol. The Morgan fingerprint density at radius 1 is 1.36 bits per heavy atom. The molecule has 0 saturated carbocycles. The van der Waals surface area contributed by atoms with Crippen LogP contribution in [0, 0.1) is 11.3 Å². The molecule has 3 nitrogen and oxygen atoms in total. The van der Waals surface area contributed by atoms with Gasteiger partial charge in [-0.15, -0.1) is 0 Å². The quantitative estimate of drug-likeness (QED) is 0.672. The van der Waals surface area contributed by atoms with Crippen LogP contribution in [-0.2, 0) is 4.74 Å². The van der Waals surface area contributed by atoms with Crippen molar-refractivity contribution in [1.82, 2.24) is 5.32 Å². The molecule has 1 aliphatic heterocycles. The summed E-state index contributed by atoms with van der Waals surface area (Å²) in [6.07, 6.45) is 8.46. The van der Waals surface area contributed by atoms with Gasteiger partial charge in [-0.2, -0.15) is 5.26 Å². The van der Waals surface area contributed by atoms with Crippen molar-refractivity contribution in [2.75, 3.05) is 6.61 Å². The van der Waals surface area contributed by atoms with Gasteiger partial charge in [-0.3, -0.25) is 0 Å². The van der Waals surface area contributed by atoms with Gasteiger partial charge in [-0.05, 0) is 25.7 Å². The van der Waals surface area contributed by atoms with E-state index in [1.54, 1.807) is 0 Å². The van der Waals surface area contributed by atoms with Gasteiger partial charge in [-0.1, -0.05) is 12.2 Å². The Bertz CT molecular complexity index is 249. The van der Waals surface area contributed by atoms with Gasteiger partial charge in [0.05, 0.1) is 6.07 Å². The van der Waals surface area contributed by atoms with E-state index in [2.05, 4.69) is 23.5 Å². The number of nitrogens with one attached hydrogen (secondary N) is 1. The fourth-order valence-electron chi connectivity index (χ4n) is 2.14. The molecular weight excluding hydrogens is 176 g/mol. The van der Waals surface area contributed by atoms with Crippen molar-refractivity contribution in [3.8, 4) is 6.07 Å². The lowest BCUT2D eigenvalue weighted by atomic mass is 10.0. The summed E-state index contributed by atoms with van der Waals surface area (Å²) in [5, 5.41) is 12.4. The third kappa shape index (κ3) is 2.14. The summed E-state index contributed by atoms with van der Waals surface area (Å²) in [6.45, 7) is 0.735. The smallest absolute Gasteiger partial charge is 0.159 e. The summed E-state index contributed by atoms with van der Waals surface area (Å²) in [6, 6.07) is 2.98. The van der Waals surface area contributed by atoms with Crippen molar-refractivity contribution in [3.05, 3.63) is 12.2 Å². The maximum Gasteiger partial charge on any atom is 0.159 e. The van der Waals surface area contributed by atoms with Crippen LogP contribution in [0.25, 0.3) is 0 Å². The molecule has 0 aromatic heterocycles. The normalized spacial score (nSPS) is 33.1. The van der Waals surface area contributed by atoms with Gasteiger partial charge in [0.25, 0.3) is 0 Å². The van der Waals surface area contributed by atoms with Crippen LogP contribution >= 0.6 is 0 Å². The van der Waals surface area contributed by atoms with Gasteiger partial charge >= 0.3 is 0 Å². The Hall–Kier alpha value is -0.850. The molecule has 1 N–H and O–H groups in total. The second kappa shape index (κ2) is 4.59. The number of nitriles is 1. The second-order valence-electron chi connectivity index (χ2n) is 3.98. The average Bonchev–Trinajstić information content (AvgIpc) is 2.71. The lowest BCUT2D eigenvalue weighted by Gasteiger charge is -2.30. The first-order valence-corrected chi connectivity index (χ1v) is 5.32. The van der Waals surface area contributed by atoms with Crippen molar-refractivity contribution >= 4 is 0 Å². The highest BCUT2D eigenvalue weighted by atomic mass is 16.5. The number of nitrogens with zero attached hydrogens (tertiary/aromatic N) is 1. The largest absolute Gasteiger partial charge is 0.362 e. The highest BCUT2D eigenvalue weighted by molar-refractivity contribution is 5.02. The van der Waals surface area contributed by atoms with Gasteiger partial charge in [0, 0.05) is 18.7 Å². The highest BCUT2D eigenvalue weighted by Crippen LogP contribution is 2.17. The molecule has 2 aliphatic rings. The van der Waals surface area contributed by atoms with Crippen LogP contribution in [0.1, 0.15) is 25.7 Å². The Balaban J connectivity index is 1.85. The topological polar surface area (TPSA) is 45.0 Å². The molecule has 0 radical (unpaired) electrons. The van der Waals surface area contributed by atoms with Crippen molar-refractivity contribution in [2.45, 2.75) is 43.9 Å². The highest BCUT2D eigenvalue weighted by Gasteiger charge is 2.27. The van der Waals surface area contributed by atoms with Crippen molar-refractivity contribution < 1.29 is 4.74 Å². The first kappa shape index (κ1) is 9.70. The zero-order valence-electron chi connectivity index (χ0n) is 8.28. The molecule has 1 heterocycles. The SMILES string of the molecule is N#CC1OCCCC1NC1CC=CC1. The van der Waals surface area contributed by atoms with Gasteiger partial charge in [0.15, 0.2) is 6.10 Å². The van der Waals surface area contributed by atoms with Gasteiger partial charge in [0.1, 0.15) is 0 Å². The van der Waals surface area contributed by atoms with Gasteiger partial charge in [0.2, 0.25) is 0 Å². The standard InChI is InChI=1S/C11H16N2O/c12-8-11-10(6-3-7-14-11)13-9-4-1-2-5-9/h1-2,9-11,13H,3-7H2. The van der Waals surface area contributed by atoms with E-state index in [-0.39, 0.29) is 12.1 Å². The summed E-state index contributed by atoms with van der Waals surface area (Å²) >= 11 is 0. The van der Waals surface area contributed by atoms with Crippen LogP contribution in [0.5, 0.6) is 0 Å². The Labute approximate surface area is 84.7 Å². The van der Waals surface area contributed by atoms with E-state index in [4.69, 9.17) is 10.00 Å². The molecule has 1 saturated heterocycles. The van der Waals surface area contributed by atoms with Crippen molar-refractivity contribution in [2.24, 2.45) is 0 Å². The summed E-state index contributed by atoms with van der Waals surface area (Å²) in [7, 11) is 0. The zero-order chi connectivity index (χ0) is 9.80. The van der Waals surface area contributed by atoms with E-state index in [0.29, 0.717) is 6.04 Å². The number of rotatable bonds is 2. The lowest BCUT2D eigenvalue weighted by molar-refractivity contribution is 0.0221. The third-order valence-electron chi connectivity index (χ3n) is 2.91. The first-order valence-electron chi connectivity index (χ1n) is 5.32. The van der Waals surface area contributed by atoms with E-state index in [1.165, 1.54) is 0 Å². The van der Waals surface area contributed by atoms with Crippen LogP contribution in [-0.4, -0.2) is 24.8 Å². The Morgan fingerprint density at radius 3 is 2.86 bits per heavy atom. The van der Waals surface area contributed by atoms with Crippen LogP contribution in [0.4, 0.5) is 0 Å². The predicted molar refractivity (Wildman–Crippen MR) is 53.7 cm³/mol. The molecule has 0 spiro atoms. The van der Waals surface area contributed by atoms with Crippen molar-refractivity contribution in [1.29, 1.82) is 5.26 Å². The van der Waals surface area contributed by atoms with Crippen LogP contribution in [0.15, 0.2) is 12.2 Å². The van der Waals surface area contributed by atoms with Gasteiger partial charge in [-0.25, -0.2) is 0 Å².